The van der Waals surface area contributed by atoms with Crippen LogP contribution in [0.2, 0.25) is 8.67 Å². The summed E-state index contributed by atoms with van der Waals surface area (Å²) in [5.74, 6) is -0.0332. The van der Waals surface area contributed by atoms with Crippen molar-refractivity contribution < 1.29 is 4.79 Å². The monoisotopic (exact) mass is 355 g/mol. The lowest BCUT2D eigenvalue weighted by molar-refractivity contribution is 0.0629. The molecule has 4 nitrogen and oxygen atoms in total. The first kappa shape index (κ1) is 15.7. The maximum Gasteiger partial charge on any atom is 0.256 e. The maximum atomic E-state index is 12.5. The van der Waals surface area contributed by atoms with Gasteiger partial charge in [-0.15, -0.1) is 11.3 Å². The van der Waals surface area contributed by atoms with E-state index in [1.807, 2.05) is 17.2 Å². The number of halogens is 2. The molecule has 1 saturated heterocycles. The van der Waals surface area contributed by atoms with Gasteiger partial charge in [0.2, 0.25) is 0 Å². The van der Waals surface area contributed by atoms with Crippen molar-refractivity contribution in [2.24, 2.45) is 0 Å². The third-order valence-electron chi connectivity index (χ3n) is 3.68. The molecule has 1 aliphatic heterocycles. The van der Waals surface area contributed by atoms with E-state index in [1.54, 1.807) is 12.3 Å². The molecule has 0 aliphatic carbocycles. The highest BCUT2D eigenvalue weighted by Crippen LogP contribution is 2.32. The van der Waals surface area contributed by atoms with Gasteiger partial charge in [0.05, 0.1) is 9.90 Å². The first-order valence-electron chi connectivity index (χ1n) is 6.99. The van der Waals surface area contributed by atoms with E-state index in [0.29, 0.717) is 27.3 Å². The summed E-state index contributed by atoms with van der Waals surface area (Å²) in [6.45, 7) is 3.94. The number of amides is 1. The Labute approximate surface area is 143 Å². The molecule has 2 aromatic rings. The summed E-state index contributed by atoms with van der Waals surface area (Å²) < 4.78 is 1.01. The van der Waals surface area contributed by atoms with Crippen LogP contribution in [0.3, 0.4) is 0 Å². The van der Waals surface area contributed by atoms with Crippen molar-refractivity contribution in [2.45, 2.75) is 6.54 Å². The van der Waals surface area contributed by atoms with E-state index in [4.69, 9.17) is 23.2 Å². The van der Waals surface area contributed by atoms with Gasteiger partial charge in [0.1, 0.15) is 4.34 Å². The minimum Gasteiger partial charge on any atom is -0.336 e. The summed E-state index contributed by atoms with van der Waals surface area (Å²) >= 11 is 13.2. The first-order chi connectivity index (χ1) is 10.6. The molecule has 0 spiro atoms. The van der Waals surface area contributed by atoms with Crippen molar-refractivity contribution in [1.82, 2.24) is 14.8 Å². The zero-order valence-electron chi connectivity index (χ0n) is 11.8. The molecule has 22 heavy (non-hydrogen) atoms. The average Bonchev–Trinajstić information content (AvgIpc) is 2.87. The fourth-order valence-electron chi connectivity index (χ4n) is 2.52. The fourth-order valence-corrected chi connectivity index (χ4v) is 3.96. The highest BCUT2D eigenvalue weighted by molar-refractivity contribution is 7.20. The molecule has 7 heteroatoms. The van der Waals surface area contributed by atoms with Gasteiger partial charge in [0.15, 0.2) is 0 Å². The third-order valence-corrected chi connectivity index (χ3v) is 5.16. The second kappa shape index (κ2) is 6.96. The van der Waals surface area contributed by atoms with Crippen molar-refractivity contribution in [3.05, 3.63) is 50.4 Å². The number of nitrogens with zero attached hydrogens (tertiary/aromatic N) is 3. The van der Waals surface area contributed by atoms with Gasteiger partial charge in [0, 0.05) is 45.1 Å². The molecule has 0 atom stereocenters. The smallest absolute Gasteiger partial charge is 0.256 e. The predicted molar refractivity (Wildman–Crippen MR) is 89.8 cm³/mol. The van der Waals surface area contributed by atoms with Crippen molar-refractivity contribution in [1.29, 1.82) is 0 Å². The molecule has 0 unspecified atom stereocenters. The van der Waals surface area contributed by atoms with Crippen LogP contribution in [0, 0.1) is 0 Å². The van der Waals surface area contributed by atoms with Crippen LogP contribution in [-0.4, -0.2) is 46.9 Å². The summed E-state index contributed by atoms with van der Waals surface area (Å²) in [7, 11) is 0. The van der Waals surface area contributed by atoms with E-state index in [9.17, 15) is 4.79 Å². The summed E-state index contributed by atoms with van der Waals surface area (Å²) in [6, 6.07) is 5.66. The number of rotatable bonds is 3. The number of piperazine rings is 1. The van der Waals surface area contributed by atoms with Gasteiger partial charge in [-0.2, -0.15) is 0 Å². The Hall–Kier alpha value is -1.14. The van der Waals surface area contributed by atoms with Crippen LogP contribution in [0.5, 0.6) is 0 Å². The van der Waals surface area contributed by atoms with Gasteiger partial charge in [-0.05, 0) is 17.7 Å². The second-order valence-electron chi connectivity index (χ2n) is 5.17. The van der Waals surface area contributed by atoms with E-state index in [-0.39, 0.29) is 5.91 Å². The standard InChI is InChI=1S/C15H15Cl2N3OS/c16-13-8-12(14(17)22-13)15(21)20-6-4-19(5-7-20)10-11-2-1-3-18-9-11/h1-3,8-9H,4-7,10H2. The van der Waals surface area contributed by atoms with Crippen molar-refractivity contribution in [2.75, 3.05) is 26.2 Å². The zero-order chi connectivity index (χ0) is 15.5. The van der Waals surface area contributed by atoms with Gasteiger partial charge in [-0.25, -0.2) is 0 Å². The van der Waals surface area contributed by atoms with Gasteiger partial charge in [-0.1, -0.05) is 29.3 Å². The van der Waals surface area contributed by atoms with Crippen LogP contribution in [0.1, 0.15) is 15.9 Å². The zero-order valence-corrected chi connectivity index (χ0v) is 14.2. The fraction of sp³-hybridized carbons (Fsp3) is 0.333. The van der Waals surface area contributed by atoms with Crippen LogP contribution in [0.15, 0.2) is 30.6 Å². The molecule has 3 rings (SSSR count). The highest BCUT2D eigenvalue weighted by atomic mass is 35.5. The number of hydrogen-bond acceptors (Lipinski definition) is 4. The predicted octanol–water partition coefficient (Wildman–Crippen LogP) is 3.41. The first-order valence-corrected chi connectivity index (χ1v) is 8.56. The van der Waals surface area contributed by atoms with Gasteiger partial charge >= 0.3 is 0 Å². The Kier molecular flexibility index (Phi) is 4.98. The highest BCUT2D eigenvalue weighted by Gasteiger charge is 2.24. The largest absolute Gasteiger partial charge is 0.336 e. The molecule has 116 valence electrons. The Morgan fingerprint density at radius 2 is 2.05 bits per heavy atom. The normalized spacial score (nSPS) is 16.0. The topological polar surface area (TPSA) is 36.4 Å². The molecule has 0 radical (unpaired) electrons. The van der Waals surface area contributed by atoms with Crippen LogP contribution in [0.25, 0.3) is 0 Å². The van der Waals surface area contributed by atoms with Crippen molar-refractivity contribution >= 4 is 40.4 Å². The maximum absolute atomic E-state index is 12.5. The summed E-state index contributed by atoms with van der Waals surface area (Å²) in [5, 5.41) is 0. The molecule has 1 fully saturated rings. The lowest BCUT2D eigenvalue weighted by atomic mass is 10.2. The number of aromatic nitrogens is 1. The second-order valence-corrected chi connectivity index (χ2v) is 7.45. The summed E-state index contributed by atoms with van der Waals surface area (Å²) in [5.41, 5.74) is 1.70. The summed E-state index contributed by atoms with van der Waals surface area (Å²) in [4.78, 5) is 20.7. The Morgan fingerprint density at radius 3 is 2.64 bits per heavy atom. The molecule has 0 bridgehead atoms. The van der Waals surface area contributed by atoms with E-state index in [2.05, 4.69) is 16.0 Å². The number of thiophene rings is 1. The quantitative estimate of drug-likeness (QED) is 0.846. The Balaban J connectivity index is 1.57. The molecule has 1 aliphatic rings. The minimum atomic E-state index is -0.0332. The van der Waals surface area contributed by atoms with Gasteiger partial charge in [0.25, 0.3) is 5.91 Å². The average molecular weight is 356 g/mol. The number of hydrogen-bond donors (Lipinski definition) is 0. The van der Waals surface area contributed by atoms with E-state index in [0.717, 1.165) is 19.6 Å². The molecular formula is C15H15Cl2N3OS. The molecular weight excluding hydrogens is 341 g/mol. The van der Waals surface area contributed by atoms with E-state index < -0.39 is 0 Å². The lowest BCUT2D eigenvalue weighted by Gasteiger charge is -2.34. The summed E-state index contributed by atoms with van der Waals surface area (Å²) in [6.07, 6.45) is 3.65. The Bertz CT molecular complexity index is 654. The van der Waals surface area contributed by atoms with Gasteiger partial charge < -0.3 is 4.90 Å². The van der Waals surface area contributed by atoms with E-state index in [1.165, 1.54) is 16.9 Å². The molecule has 1 amide bonds. The molecule has 0 aromatic carbocycles. The van der Waals surface area contributed by atoms with Crippen LogP contribution in [0.4, 0.5) is 0 Å². The molecule has 0 saturated carbocycles. The third kappa shape index (κ3) is 3.60. The molecule has 2 aromatic heterocycles. The number of carbonyl (C=O) groups is 1. The van der Waals surface area contributed by atoms with Crippen LogP contribution < -0.4 is 0 Å². The lowest BCUT2D eigenvalue weighted by Crippen LogP contribution is -2.48. The minimum absolute atomic E-state index is 0.0332. The molecule has 0 N–H and O–H groups in total. The van der Waals surface area contributed by atoms with Crippen LogP contribution in [-0.2, 0) is 6.54 Å². The van der Waals surface area contributed by atoms with E-state index >= 15 is 0 Å². The van der Waals surface area contributed by atoms with Crippen molar-refractivity contribution in [3.63, 3.8) is 0 Å². The Morgan fingerprint density at radius 1 is 1.27 bits per heavy atom. The number of pyridine rings is 1. The SMILES string of the molecule is O=C(c1cc(Cl)sc1Cl)N1CCN(Cc2cccnc2)CC1. The van der Waals surface area contributed by atoms with Gasteiger partial charge in [-0.3, -0.25) is 14.7 Å². The number of carbonyl (C=O) groups excluding carboxylic acids is 1. The van der Waals surface area contributed by atoms with Crippen LogP contribution >= 0.6 is 34.5 Å². The van der Waals surface area contributed by atoms with Crippen molar-refractivity contribution in [3.8, 4) is 0 Å². The molecule has 3 heterocycles.